The number of carbonyl (C=O) groups is 1. The molecule has 1 aliphatic heterocycles. The first-order valence-corrected chi connectivity index (χ1v) is 9.13. The van der Waals surface area contributed by atoms with Crippen molar-refractivity contribution >= 4 is 5.91 Å². The minimum atomic E-state index is -0.101. The van der Waals surface area contributed by atoms with Crippen LogP contribution in [0.1, 0.15) is 35.3 Å². The molecular weight excluding hydrogens is 312 g/mol. The van der Waals surface area contributed by atoms with Crippen molar-refractivity contribution in [3.8, 4) is 0 Å². The fraction of sp³-hybridized carbons (Fsp3) is 0.450. The summed E-state index contributed by atoms with van der Waals surface area (Å²) in [4.78, 5) is 14.9. The SMILES string of the molecule is O=C(NC1CC[C@H]2CN(Cc3ccccc3)C[C@H]2C1)c1cccnn1. The zero-order chi connectivity index (χ0) is 17.1. The van der Waals surface area contributed by atoms with E-state index in [-0.39, 0.29) is 11.9 Å². The van der Waals surface area contributed by atoms with Gasteiger partial charge in [-0.3, -0.25) is 9.69 Å². The summed E-state index contributed by atoms with van der Waals surface area (Å²) in [5.74, 6) is 1.36. The minimum absolute atomic E-state index is 0.101. The molecule has 1 saturated heterocycles. The lowest BCUT2D eigenvalue weighted by atomic mass is 9.79. The normalized spacial score (nSPS) is 26.2. The van der Waals surface area contributed by atoms with Gasteiger partial charge in [-0.25, -0.2) is 0 Å². The van der Waals surface area contributed by atoms with Gasteiger partial charge in [-0.15, -0.1) is 5.10 Å². The molecule has 1 aliphatic carbocycles. The molecule has 0 spiro atoms. The summed E-state index contributed by atoms with van der Waals surface area (Å²) in [6.07, 6.45) is 4.91. The second-order valence-corrected chi connectivity index (χ2v) is 7.29. The van der Waals surface area contributed by atoms with Crippen molar-refractivity contribution in [3.63, 3.8) is 0 Å². The molecule has 1 saturated carbocycles. The van der Waals surface area contributed by atoms with Gasteiger partial charge >= 0.3 is 0 Å². The molecular formula is C20H24N4O. The minimum Gasteiger partial charge on any atom is -0.348 e. The van der Waals surface area contributed by atoms with Gasteiger partial charge in [0.25, 0.3) is 5.91 Å². The second-order valence-electron chi connectivity index (χ2n) is 7.29. The largest absolute Gasteiger partial charge is 0.348 e. The molecule has 5 heteroatoms. The summed E-state index contributed by atoms with van der Waals surface area (Å²) in [5, 5.41) is 10.8. The molecule has 2 heterocycles. The first-order valence-electron chi connectivity index (χ1n) is 9.13. The van der Waals surface area contributed by atoms with E-state index >= 15 is 0 Å². The summed E-state index contributed by atoms with van der Waals surface area (Å²) in [6.45, 7) is 3.35. The Bertz CT molecular complexity index is 706. The van der Waals surface area contributed by atoms with Crippen molar-refractivity contribution in [1.29, 1.82) is 0 Å². The molecule has 2 fully saturated rings. The molecule has 25 heavy (non-hydrogen) atoms. The summed E-state index contributed by atoms with van der Waals surface area (Å²) in [6, 6.07) is 14.4. The van der Waals surface area contributed by atoms with Crippen LogP contribution in [0.2, 0.25) is 0 Å². The number of nitrogens with zero attached hydrogens (tertiary/aromatic N) is 3. The lowest BCUT2D eigenvalue weighted by Crippen LogP contribution is -2.41. The highest BCUT2D eigenvalue weighted by molar-refractivity contribution is 5.92. The number of nitrogens with one attached hydrogen (secondary N) is 1. The van der Waals surface area contributed by atoms with Gasteiger partial charge in [-0.1, -0.05) is 30.3 Å². The number of likely N-dealkylation sites (tertiary alicyclic amines) is 1. The predicted molar refractivity (Wildman–Crippen MR) is 95.8 cm³/mol. The summed E-state index contributed by atoms with van der Waals surface area (Å²) in [5.41, 5.74) is 1.79. The molecule has 1 unspecified atom stereocenters. The van der Waals surface area contributed by atoms with Crippen LogP contribution >= 0.6 is 0 Å². The van der Waals surface area contributed by atoms with Gasteiger partial charge < -0.3 is 5.32 Å². The molecule has 130 valence electrons. The predicted octanol–water partition coefficient (Wildman–Crippen LogP) is 2.51. The Labute approximate surface area is 148 Å². The van der Waals surface area contributed by atoms with Gasteiger partial charge in [0.1, 0.15) is 0 Å². The number of amides is 1. The smallest absolute Gasteiger partial charge is 0.272 e. The zero-order valence-corrected chi connectivity index (χ0v) is 14.3. The average molecular weight is 336 g/mol. The molecule has 1 N–H and O–H groups in total. The lowest BCUT2D eigenvalue weighted by molar-refractivity contribution is 0.0907. The first kappa shape index (κ1) is 16.2. The number of fused-ring (bicyclic) bond motifs is 1. The van der Waals surface area contributed by atoms with Gasteiger partial charge in [-0.2, -0.15) is 5.10 Å². The maximum Gasteiger partial charge on any atom is 0.272 e. The van der Waals surface area contributed by atoms with Crippen molar-refractivity contribution < 1.29 is 4.79 Å². The maximum absolute atomic E-state index is 12.3. The third-order valence-corrected chi connectivity index (χ3v) is 5.51. The van der Waals surface area contributed by atoms with Gasteiger partial charge in [-0.05, 0) is 48.8 Å². The highest BCUT2D eigenvalue weighted by Gasteiger charge is 2.38. The molecule has 0 radical (unpaired) electrons. The van der Waals surface area contributed by atoms with E-state index in [1.807, 2.05) is 0 Å². The number of hydrogen-bond acceptors (Lipinski definition) is 4. The van der Waals surface area contributed by atoms with E-state index in [1.54, 1.807) is 18.3 Å². The van der Waals surface area contributed by atoms with Crippen LogP contribution in [0.5, 0.6) is 0 Å². The standard InChI is InChI=1S/C20H24N4O/c25-20(19-7-4-10-21-23-19)22-18-9-8-16-13-24(14-17(16)11-18)12-15-5-2-1-3-6-15/h1-7,10,16-18H,8-9,11-14H2,(H,22,25)/t16-,17+,18?/m0/s1. The fourth-order valence-corrected chi connectivity index (χ4v) is 4.31. The Morgan fingerprint density at radius 3 is 2.72 bits per heavy atom. The molecule has 1 aromatic heterocycles. The Kier molecular flexibility index (Phi) is 4.74. The average Bonchev–Trinajstić information content (AvgIpc) is 3.04. The number of carbonyl (C=O) groups excluding carboxylic acids is 1. The Hall–Kier alpha value is -2.27. The quantitative estimate of drug-likeness (QED) is 0.932. The van der Waals surface area contributed by atoms with Crippen LogP contribution < -0.4 is 5.32 Å². The first-order chi connectivity index (χ1) is 12.3. The van der Waals surface area contributed by atoms with E-state index in [0.29, 0.717) is 11.6 Å². The Morgan fingerprint density at radius 2 is 1.92 bits per heavy atom. The third kappa shape index (κ3) is 3.87. The summed E-state index contributed by atoms with van der Waals surface area (Å²) in [7, 11) is 0. The van der Waals surface area contributed by atoms with Gasteiger partial charge in [0.2, 0.25) is 0 Å². The van der Waals surface area contributed by atoms with Crippen molar-refractivity contribution in [3.05, 3.63) is 59.9 Å². The summed E-state index contributed by atoms with van der Waals surface area (Å²) >= 11 is 0. The van der Waals surface area contributed by atoms with E-state index in [4.69, 9.17) is 0 Å². The number of hydrogen-bond donors (Lipinski definition) is 1. The van der Waals surface area contributed by atoms with Crippen LogP contribution in [-0.2, 0) is 6.54 Å². The zero-order valence-electron chi connectivity index (χ0n) is 14.3. The van der Waals surface area contributed by atoms with E-state index < -0.39 is 0 Å². The number of rotatable bonds is 4. The number of aromatic nitrogens is 2. The van der Waals surface area contributed by atoms with Gasteiger partial charge in [0.15, 0.2) is 5.69 Å². The van der Waals surface area contributed by atoms with Gasteiger partial charge in [0, 0.05) is 31.9 Å². The van der Waals surface area contributed by atoms with Crippen molar-refractivity contribution in [2.24, 2.45) is 11.8 Å². The maximum atomic E-state index is 12.3. The van der Waals surface area contributed by atoms with Crippen molar-refractivity contribution in [1.82, 2.24) is 20.4 Å². The van der Waals surface area contributed by atoms with E-state index in [9.17, 15) is 4.79 Å². The fourth-order valence-electron chi connectivity index (χ4n) is 4.31. The molecule has 1 aromatic carbocycles. The van der Waals surface area contributed by atoms with E-state index in [2.05, 4.69) is 50.7 Å². The Morgan fingerprint density at radius 1 is 1.08 bits per heavy atom. The van der Waals surface area contributed by atoms with Crippen LogP contribution in [0.25, 0.3) is 0 Å². The monoisotopic (exact) mass is 336 g/mol. The lowest BCUT2D eigenvalue weighted by Gasteiger charge is -2.31. The van der Waals surface area contributed by atoms with Crippen LogP contribution in [0, 0.1) is 11.8 Å². The van der Waals surface area contributed by atoms with Crippen molar-refractivity contribution in [2.75, 3.05) is 13.1 Å². The molecule has 2 aliphatic rings. The highest BCUT2D eigenvalue weighted by atomic mass is 16.2. The third-order valence-electron chi connectivity index (χ3n) is 5.51. The molecule has 1 amide bonds. The van der Waals surface area contributed by atoms with Crippen molar-refractivity contribution in [2.45, 2.75) is 31.8 Å². The topological polar surface area (TPSA) is 58.1 Å². The molecule has 3 atom stereocenters. The van der Waals surface area contributed by atoms with E-state index in [1.165, 1.54) is 18.5 Å². The van der Waals surface area contributed by atoms with Crippen LogP contribution in [0.15, 0.2) is 48.7 Å². The van der Waals surface area contributed by atoms with Crippen LogP contribution in [0.4, 0.5) is 0 Å². The second kappa shape index (κ2) is 7.31. The van der Waals surface area contributed by atoms with Crippen LogP contribution in [0.3, 0.4) is 0 Å². The van der Waals surface area contributed by atoms with E-state index in [0.717, 1.165) is 31.8 Å². The Balaban J connectivity index is 1.32. The van der Waals surface area contributed by atoms with Gasteiger partial charge in [0.05, 0.1) is 0 Å². The highest BCUT2D eigenvalue weighted by Crippen LogP contribution is 2.36. The molecule has 5 nitrogen and oxygen atoms in total. The molecule has 4 rings (SSSR count). The number of benzene rings is 1. The van der Waals surface area contributed by atoms with Crippen LogP contribution in [-0.4, -0.2) is 40.1 Å². The molecule has 2 aromatic rings. The molecule has 0 bridgehead atoms. The summed E-state index contributed by atoms with van der Waals surface area (Å²) < 4.78 is 0.